The summed E-state index contributed by atoms with van der Waals surface area (Å²) in [7, 11) is 0. The second-order valence-corrected chi connectivity index (χ2v) is 7.69. The Hall–Kier alpha value is -2.21. The molecular weight excluding hydrogens is 389 g/mol. The van der Waals surface area contributed by atoms with Crippen molar-refractivity contribution in [1.29, 1.82) is 0 Å². The Bertz CT molecular complexity index is 1140. The number of aromatic nitrogens is 3. The maximum atomic E-state index is 12.6. The molecule has 4 rings (SSSR count). The highest BCUT2D eigenvalue weighted by Gasteiger charge is 2.08. The van der Waals surface area contributed by atoms with Crippen LogP contribution in [0.4, 0.5) is 0 Å². The number of thiazole rings is 1. The van der Waals surface area contributed by atoms with Gasteiger partial charge in [-0.3, -0.25) is 9.36 Å². The van der Waals surface area contributed by atoms with Crippen LogP contribution < -0.4 is 5.56 Å². The molecule has 0 radical (unpaired) electrons. The van der Waals surface area contributed by atoms with Crippen molar-refractivity contribution in [1.82, 2.24) is 14.5 Å². The van der Waals surface area contributed by atoms with Crippen molar-refractivity contribution in [3.8, 4) is 0 Å². The third-order valence-corrected chi connectivity index (χ3v) is 5.37. The minimum Gasteiger partial charge on any atom is -0.293 e. The summed E-state index contributed by atoms with van der Waals surface area (Å²) in [6, 6.07) is 12.8. The lowest BCUT2D eigenvalue weighted by Gasteiger charge is -2.05. The molecule has 7 heteroatoms. The second kappa shape index (κ2) is 7.19. The van der Waals surface area contributed by atoms with E-state index in [1.807, 2.05) is 29.6 Å². The number of halogens is 2. The molecule has 2 heterocycles. The molecule has 4 nitrogen and oxygen atoms in total. The van der Waals surface area contributed by atoms with E-state index in [1.165, 1.54) is 0 Å². The third-order valence-electron chi connectivity index (χ3n) is 3.99. The number of nitrogens with zero attached hydrogens (tertiary/aromatic N) is 3. The zero-order valence-electron chi connectivity index (χ0n) is 13.5. The summed E-state index contributed by atoms with van der Waals surface area (Å²) in [4.78, 5) is 21.6. The molecule has 0 aliphatic rings. The van der Waals surface area contributed by atoms with E-state index in [2.05, 4.69) is 9.97 Å². The van der Waals surface area contributed by atoms with E-state index in [0.717, 1.165) is 27.7 Å². The largest absolute Gasteiger partial charge is 0.293 e. The minimum absolute atomic E-state index is 0.121. The molecule has 0 fully saturated rings. The molecule has 0 aliphatic carbocycles. The van der Waals surface area contributed by atoms with Gasteiger partial charge in [0.15, 0.2) is 0 Å². The first-order valence-corrected chi connectivity index (χ1v) is 9.54. The van der Waals surface area contributed by atoms with E-state index < -0.39 is 0 Å². The second-order valence-electron chi connectivity index (χ2n) is 5.87. The first-order valence-electron chi connectivity index (χ1n) is 7.91. The summed E-state index contributed by atoms with van der Waals surface area (Å²) in [6.45, 7) is 0.380. The summed E-state index contributed by atoms with van der Waals surface area (Å²) >= 11 is 13.5. The number of hydrogen-bond donors (Lipinski definition) is 0. The lowest BCUT2D eigenvalue weighted by molar-refractivity contribution is 0.731. The first-order chi connectivity index (χ1) is 12.6. The molecule has 2 aromatic carbocycles. The van der Waals surface area contributed by atoms with E-state index in [0.29, 0.717) is 22.5 Å². The van der Waals surface area contributed by atoms with Crippen molar-refractivity contribution in [2.75, 3.05) is 0 Å². The predicted molar refractivity (Wildman–Crippen MR) is 106 cm³/mol. The maximum Gasteiger partial charge on any atom is 0.261 e. The van der Waals surface area contributed by atoms with Crippen LogP contribution in [0, 0.1) is 0 Å². The van der Waals surface area contributed by atoms with Gasteiger partial charge in [0.1, 0.15) is 0 Å². The molecule has 0 N–H and O–H groups in total. The standard InChI is InChI=1S/C19H13Cl2N3OS/c20-13-3-1-12(2-4-13)7-18-23-15(10-26-18)9-24-11-22-17-6-5-14(21)8-16(17)19(24)25/h1-6,8,10-11H,7,9H2. The third kappa shape index (κ3) is 3.65. The van der Waals surface area contributed by atoms with Crippen LogP contribution in [0.25, 0.3) is 10.9 Å². The van der Waals surface area contributed by atoms with Crippen LogP contribution in [0.1, 0.15) is 16.3 Å². The van der Waals surface area contributed by atoms with Gasteiger partial charge >= 0.3 is 0 Å². The SMILES string of the molecule is O=c1c2cc(Cl)ccc2ncn1Cc1csc(Cc2ccc(Cl)cc2)n1. The predicted octanol–water partition coefficient (Wildman–Crippen LogP) is 4.80. The Morgan fingerprint density at radius 2 is 1.81 bits per heavy atom. The zero-order chi connectivity index (χ0) is 18.1. The molecule has 26 heavy (non-hydrogen) atoms. The van der Waals surface area contributed by atoms with Crippen LogP contribution in [-0.2, 0) is 13.0 Å². The van der Waals surface area contributed by atoms with Crippen LogP contribution in [0.2, 0.25) is 10.0 Å². The lowest BCUT2D eigenvalue weighted by Crippen LogP contribution is -2.21. The highest BCUT2D eigenvalue weighted by molar-refractivity contribution is 7.09. The first kappa shape index (κ1) is 17.2. The van der Waals surface area contributed by atoms with Gasteiger partial charge in [0.2, 0.25) is 0 Å². The van der Waals surface area contributed by atoms with Gasteiger partial charge in [-0.2, -0.15) is 0 Å². The molecule has 0 atom stereocenters. The Labute approximate surface area is 163 Å². The van der Waals surface area contributed by atoms with E-state index in [-0.39, 0.29) is 5.56 Å². The lowest BCUT2D eigenvalue weighted by atomic mass is 10.2. The van der Waals surface area contributed by atoms with Crippen molar-refractivity contribution >= 4 is 45.4 Å². The van der Waals surface area contributed by atoms with Gasteiger partial charge in [0.25, 0.3) is 5.56 Å². The van der Waals surface area contributed by atoms with Gasteiger partial charge in [0, 0.05) is 21.8 Å². The van der Waals surface area contributed by atoms with E-state index in [9.17, 15) is 4.79 Å². The Kier molecular flexibility index (Phi) is 4.76. The summed E-state index contributed by atoms with van der Waals surface area (Å²) < 4.78 is 1.56. The molecule has 0 saturated heterocycles. The smallest absolute Gasteiger partial charge is 0.261 e. The van der Waals surface area contributed by atoms with Crippen LogP contribution in [-0.4, -0.2) is 14.5 Å². The van der Waals surface area contributed by atoms with E-state index in [1.54, 1.807) is 40.4 Å². The molecule has 0 aliphatic heterocycles. The zero-order valence-corrected chi connectivity index (χ0v) is 15.9. The van der Waals surface area contributed by atoms with Gasteiger partial charge in [-0.25, -0.2) is 9.97 Å². The van der Waals surface area contributed by atoms with Crippen molar-refractivity contribution in [2.24, 2.45) is 0 Å². The molecule has 2 aromatic heterocycles. The van der Waals surface area contributed by atoms with Crippen molar-refractivity contribution in [3.63, 3.8) is 0 Å². The van der Waals surface area contributed by atoms with Gasteiger partial charge in [-0.15, -0.1) is 11.3 Å². The highest BCUT2D eigenvalue weighted by Crippen LogP contribution is 2.18. The average molecular weight is 402 g/mol. The van der Waals surface area contributed by atoms with Gasteiger partial charge in [0.05, 0.1) is 34.5 Å². The Morgan fingerprint density at radius 3 is 2.62 bits per heavy atom. The molecule has 130 valence electrons. The normalized spacial score (nSPS) is 11.2. The topological polar surface area (TPSA) is 47.8 Å². The van der Waals surface area contributed by atoms with E-state index >= 15 is 0 Å². The fraction of sp³-hybridized carbons (Fsp3) is 0.105. The van der Waals surface area contributed by atoms with Crippen LogP contribution in [0.3, 0.4) is 0 Å². The van der Waals surface area contributed by atoms with Crippen molar-refractivity contribution < 1.29 is 0 Å². The summed E-state index contributed by atoms with van der Waals surface area (Å²) in [5.41, 5.74) is 2.50. The molecule has 0 bridgehead atoms. The fourth-order valence-corrected chi connectivity index (χ4v) is 3.82. The summed E-state index contributed by atoms with van der Waals surface area (Å²) in [6.07, 6.45) is 2.29. The molecule has 0 unspecified atom stereocenters. The van der Waals surface area contributed by atoms with Crippen molar-refractivity contribution in [2.45, 2.75) is 13.0 Å². The number of hydrogen-bond acceptors (Lipinski definition) is 4. The molecular formula is C19H13Cl2N3OS. The number of benzene rings is 2. The van der Waals surface area contributed by atoms with Crippen LogP contribution in [0.5, 0.6) is 0 Å². The monoisotopic (exact) mass is 401 g/mol. The Morgan fingerprint density at radius 1 is 1.04 bits per heavy atom. The van der Waals surface area contributed by atoms with Crippen molar-refractivity contribution in [3.05, 3.63) is 90.8 Å². The fourth-order valence-electron chi connectivity index (χ4n) is 2.70. The van der Waals surface area contributed by atoms with Gasteiger partial charge in [-0.1, -0.05) is 35.3 Å². The molecule has 4 aromatic rings. The number of rotatable bonds is 4. The summed E-state index contributed by atoms with van der Waals surface area (Å²) in [5, 5.41) is 4.72. The Balaban J connectivity index is 1.57. The molecule has 0 amide bonds. The number of fused-ring (bicyclic) bond motifs is 1. The van der Waals surface area contributed by atoms with Gasteiger partial charge in [-0.05, 0) is 35.9 Å². The highest BCUT2D eigenvalue weighted by atomic mass is 35.5. The van der Waals surface area contributed by atoms with Gasteiger partial charge < -0.3 is 0 Å². The van der Waals surface area contributed by atoms with Crippen LogP contribution >= 0.6 is 34.5 Å². The summed E-state index contributed by atoms with van der Waals surface area (Å²) in [5.74, 6) is 0. The molecule has 0 spiro atoms. The average Bonchev–Trinajstić information content (AvgIpc) is 3.07. The van der Waals surface area contributed by atoms with Crippen LogP contribution in [0.15, 0.2) is 59.0 Å². The van der Waals surface area contributed by atoms with E-state index in [4.69, 9.17) is 23.2 Å². The quantitative estimate of drug-likeness (QED) is 0.493. The minimum atomic E-state index is -0.121. The maximum absolute atomic E-state index is 12.6. The molecule has 0 saturated carbocycles.